The van der Waals surface area contributed by atoms with Gasteiger partial charge in [0, 0.05) is 25.9 Å². The standard InChI is InChI=1S/C9H17N3O3/c1-5(11-6(2)13)9(15)12-7-3-8(14)10-4-7/h5,7-8,10,14H,3-4H2,1-2H3,(H,11,13)(H,12,15)/t5-,7-,8?/m0/s1. The van der Waals surface area contributed by atoms with Gasteiger partial charge in [-0.25, -0.2) is 0 Å². The molecular formula is C9H17N3O3. The number of aliphatic hydroxyl groups is 1. The van der Waals surface area contributed by atoms with Crippen molar-refractivity contribution in [2.45, 2.75) is 38.6 Å². The molecular weight excluding hydrogens is 198 g/mol. The Morgan fingerprint density at radius 1 is 1.53 bits per heavy atom. The van der Waals surface area contributed by atoms with Crippen molar-refractivity contribution < 1.29 is 14.7 Å². The van der Waals surface area contributed by atoms with Gasteiger partial charge in [-0.3, -0.25) is 14.9 Å². The molecule has 1 aliphatic heterocycles. The van der Waals surface area contributed by atoms with Crippen LogP contribution in [0.4, 0.5) is 0 Å². The predicted molar refractivity (Wildman–Crippen MR) is 53.8 cm³/mol. The first kappa shape index (κ1) is 11.9. The summed E-state index contributed by atoms with van der Waals surface area (Å²) < 4.78 is 0. The molecule has 1 heterocycles. The predicted octanol–water partition coefficient (Wildman–Crippen LogP) is -1.69. The molecule has 1 rings (SSSR count). The lowest BCUT2D eigenvalue weighted by molar-refractivity contribution is -0.128. The maximum atomic E-state index is 11.5. The van der Waals surface area contributed by atoms with Crippen LogP contribution < -0.4 is 16.0 Å². The summed E-state index contributed by atoms with van der Waals surface area (Å²) in [5.41, 5.74) is 0. The largest absolute Gasteiger partial charge is 0.379 e. The van der Waals surface area contributed by atoms with Crippen molar-refractivity contribution in [1.29, 1.82) is 0 Å². The van der Waals surface area contributed by atoms with Gasteiger partial charge in [0.05, 0.1) is 0 Å². The lowest BCUT2D eigenvalue weighted by Gasteiger charge is -2.16. The molecule has 6 heteroatoms. The lowest BCUT2D eigenvalue weighted by Crippen LogP contribution is -2.48. The molecule has 1 fully saturated rings. The van der Waals surface area contributed by atoms with Crippen molar-refractivity contribution in [3.63, 3.8) is 0 Å². The van der Waals surface area contributed by atoms with Crippen LogP contribution in [0.3, 0.4) is 0 Å². The third-order valence-corrected chi connectivity index (χ3v) is 2.27. The van der Waals surface area contributed by atoms with E-state index in [0.29, 0.717) is 13.0 Å². The fraction of sp³-hybridized carbons (Fsp3) is 0.778. The first-order valence-electron chi connectivity index (χ1n) is 4.98. The van der Waals surface area contributed by atoms with Gasteiger partial charge < -0.3 is 15.7 Å². The summed E-state index contributed by atoms with van der Waals surface area (Å²) in [5, 5.41) is 17.2. The fourth-order valence-electron chi connectivity index (χ4n) is 1.52. The van der Waals surface area contributed by atoms with E-state index in [0.717, 1.165) is 0 Å². The van der Waals surface area contributed by atoms with Crippen LogP contribution in [0.2, 0.25) is 0 Å². The molecule has 0 aromatic carbocycles. The molecule has 1 saturated heterocycles. The van der Waals surface area contributed by atoms with E-state index in [4.69, 9.17) is 5.11 Å². The summed E-state index contributed by atoms with van der Waals surface area (Å²) in [6.45, 7) is 3.54. The Morgan fingerprint density at radius 2 is 2.20 bits per heavy atom. The highest BCUT2D eigenvalue weighted by Gasteiger charge is 2.25. The SMILES string of the molecule is CC(=O)N[C@@H](C)C(=O)N[C@@H]1CNC(O)C1. The second kappa shape index (κ2) is 5.09. The van der Waals surface area contributed by atoms with E-state index in [9.17, 15) is 9.59 Å². The third kappa shape index (κ3) is 3.85. The van der Waals surface area contributed by atoms with Crippen LogP contribution in [-0.4, -0.2) is 41.8 Å². The second-order valence-corrected chi connectivity index (χ2v) is 3.79. The van der Waals surface area contributed by atoms with E-state index in [1.165, 1.54) is 6.92 Å². The Bertz CT molecular complexity index is 257. The van der Waals surface area contributed by atoms with Crippen LogP contribution in [0.25, 0.3) is 0 Å². The van der Waals surface area contributed by atoms with Crippen molar-refractivity contribution in [2.24, 2.45) is 0 Å². The Hall–Kier alpha value is -1.14. The number of amides is 2. The summed E-state index contributed by atoms with van der Waals surface area (Å²) in [5.74, 6) is -0.465. The van der Waals surface area contributed by atoms with Gasteiger partial charge in [-0.2, -0.15) is 0 Å². The quantitative estimate of drug-likeness (QED) is 0.452. The number of carbonyl (C=O) groups is 2. The first-order valence-corrected chi connectivity index (χ1v) is 4.98. The highest BCUT2D eigenvalue weighted by atomic mass is 16.3. The van der Waals surface area contributed by atoms with Gasteiger partial charge in [-0.05, 0) is 6.92 Å². The van der Waals surface area contributed by atoms with Crippen molar-refractivity contribution >= 4 is 11.8 Å². The lowest BCUT2D eigenvalue weighted by atomic mass is 10.2. The molecule has 0 spiro atoms. The van der Waals surface area contributed by atoms with E-state index >= 15 is 0 Å². The number of aliphatic hydroxyl groups excluding tert-OH is 1. The maximum Gasteiger partial charge on any atom is 0.242 e. The normalized spacial score (nSPS) is 27.1. The van der Waals surface area contributed by atoms with Crippen LogP contribution in [0, 0.1) is 0 Å². The van der Waals surface area contributed by atoms with Crippen LogP contribution in [0.1, 0.15) is 20.3 Å². The van der Waals surface area contributed by atoms with Crippen LogP contribution >= 0.6 is 0 Å². The Kier molecular flexibility index (Phi) is 4.05. The van der Waals surface area contributed by atoms with E-state index < -0.39 is 12.3 Å². The van der Waals surface area contributed by atoms with Gasteiger partial charge >= 0.3 is 0 Å². The molecule has 0 saturated carbocycles. The van der Waals surface area contributed by atoms with Crippen LogP contribution in [0.5, 0.6) is 0 Å². The minimum Gasteiger partial charge on any atom is -0.379 e. The molecule has 6 nitrogen and oxygen atoms in total. The maximum absolute atomic E-state index is 11.5. The number of hydrogen-bond acceptors (Lipinski definition) is 4. The Labute approximate surface area is 88.4 Å². The second-order valence-electron chi connectivity index (χ2n) is 3.79. The van der Waals surface area contributed by atoms with E-state index in [-0.39, 0.29) is 17.9 Å². The molecule has 1 unspecified atom stereocenters. The molecule has 3 atom stereocenters. The third-order valence-electron chi connectivity index (χ3n) is 2.27. The summed E-state index contributed by atoms with van der Waals surface area (Å²) in [7, 11) is 0. The van der Waals surface area contributed by atoms with Crippen molar-refractivity contribution in [3.8, 4) is 0 Å². The van der Waals surface area contributed by atoms with Gasteiger partial charge in [0.15, 0.2) is 0 Å². The molecule has 15 heavy (non-hydrogen) atoms. The first-order chi connectivity index (χ1) is 6.99. The highest BCUT2D eigenvalue weighted by Crippen LogP contribution is 2.03. The summed E-state index contributed by atoms with van der Waals surface area (Å²) in [6.07, 6.45) is -0.0511. The highest BCUT2D eigenvalue weighted by molar-refractivity contribution is 5.86. The molecule has 4 N–H and O–H groups in total. The van der Waals surface area contributed by atoms with Gasteiger partial charge in [0.2, 0.25) is 11.8 Å². The van der Waals surface area contributed by atoms with Crippen molar-refractivity contribution in [3.05, 3.63) is 0 Å². The average molecular weight is 215 g/mol. The molecule has 0 aromatic heterocycles. The molecule has 0 bridgehead atoms. The van der Waals surface area contributed by atoms with E-state index in [1.54, 1.807) is 6.92 Å². The zero-order valence-corrected chi connectivity index (χ0v) is 8.91. The molecule has 0 aromatic rings. The van der Waals surface area contributed by atoms with Crippen LogP contribution in [0.15, 0.2) is 0 Å². The molecule has 0 aliphatic carbocycles. The summed E-state index contributed by atoms with van der Waals surface area (Å²) >= 11 is 0. The van der Waals surface area contributed by atoms with Gasteiger partial charge in [-0.15, -0.1) is 0 Å². The zero-order valence-electron chi connectivity index (χ0n) is 8.91. The summed E-state index contributed by atoms with van der Waals surface area (Å²) in [4.78, 5) is 22.2. The molecule has 2 amide bonds. The van der Waals surface area contributed by atoms with Crippen LogP contribution in [-0.2, 0) is 9.59 Å². The zero-order chi connectivity index (χ0) is 11.4. The smallest absolute Gasteiger partial charge is 0.242 e. The number of rotatable bonds is 3. The minimum atomic E-state index is -0.550. The monoisotopic (exact) mass is 215 g/mol. The average Bonchev–Trinajstić information content (AvgIpc) is 2.50. The van der Waals surface area contributed by atoms with E-state index in [2.05, 4.69) is 16.0 Å². The fourth-order valence-corrected chi connectivity index (χ4v) is 1.52. The molecule has 86 valence electrons. The number of hydrogen-bond donors (Lipinski definition) is 4. The van der Waals surface area contributed by atoms with Gasteiger partial charge in [0.25, 0.3) is 0 Å². The van der Waals surface area contributed by atoms with Crippen molar-refractivity contribution in [2.75, 3.05) is 6.54 Å². The molecule has 0 radical (unpaired) electrons. The summed E-state index contributed by atoms with van der Waals surface area (Å²) in [6, 6.07) is -0.607. The Morgan fingerprint density at radius 3 is 2.67 bits per heavy atom. The van der Waals surface area contributed by atoms with Gasteiger partial charge in [-0.1, -0.05) is 0 Å². The van der Waals surface area contributed by atoms with Crippen molar-refractivity contribution in [1.82, 2.24) is 16.0 Å². The molecule has 1 aliphatic rings. The number of carbonyl (C=O) groups excluding carboxylic acids is 2. The Balaban J connectivity index is 2.31. The van der Waals surface area contributed by atoms with Gasteiger partial charge in [0.1, 0.15) is 12.3 Å². The van der Waals surface area contributed by atoms with E-state index in [1.807, 2.05) is 0 Å². The minimum absolute atomic E-state index is 0.0660. The number of nitrogens with one attached hydrogen (secondary N) is 3. The topological polar surface area (TPSA) is 90.5 Å².